The van der Waals surface area contributed by atoms with Gasteiger partial charge in [0, 0.05) is 37.2 Å². The Labute approximate surface area is 191 Å². The van der Waals surface area contributed by atoms with Crippen molar-refractivity contribution in [3.63, 3.8) is 0 Å². The molecule has 0 aromatic heterocycles. The van der Waals surface area contributed by atoms with E-state index >= 15 is 0 Å². The fourth-order valence-corrected chi connectivity index (χ4v) is 4.49. The normalized spacial score (nSPS) is 17.4. The first kappa shape index (κ1) is 24.7. The summed E-state index contributed by atoms with van der Waals surface area (Å²) in [6.45, 7) is 4.43. The maximum Gasteiger partial charge on any atom is 0.325 e. The van der Waals surface area contributed by atoms with E-state index in [1.54, 1.807) is 35.2 Å². The number of ether oxygens (including phenoxy) is 1. The van der Waals surface area contributed by atoms with Crippen molar-refractivity contribution in [2.45, 2.75) is 25.9 Å². The summed E-state index contributed by atoms with van der Waals surface area (Å²) in [5.41, 5.74) is 1.57. The minimum Gasteiger partial charge on any atom is -0.483 e. The molecule has 0 bridgehead atoms. The molecule has 2 aromatic rings. The van der Waals surface area contributed by atoms with Crippen LogP contribution in [-0.2, 0) is 22.3 Å². The number of rotatable bonds is 8. The van der Waals surface area contributed by atoms with E-state index in [4.69, 9.17) is 26.1 Å². The maximum atomic E-state index is 13.1. The molecule has 32 heavy (non-hydrogen) atoms. The minimum atomic E-state index is -4.17. The molecule has 0 aliphatic carbocycles. The summed E-state index contributed by atoms with van der Waals surface area (Å²) in [4.78, 5) is 35.0. The molecule has 174 valence electrons. The Morgan fingerprint density at radius 3 is 2.59 bits per heavy atom. The van der Waals surface area contributed by atoms with Crippen molar-refractivity contribution >= 4 is 25.1 Å². The van der Waals surface area contributed by atoms with Crippen LogP contribution in [-0.4, -0.2) is 63.9 Å². The van der Waals surface area contributed by atoms with Gasteiger partial charge in [0.15, 0.2) is 6.61 Å². The predicted molar refractivity (Wildman–Crippen MR) is 120 cm³/mol. The molecule has 0 unspecified atom stereocenters. The molecule has 1 aliphatic rings. The van der Waals surface area contributed by atoms with Crippen LogP contribution in [0.25, 0.3) is 0 Å². The van der Waals surface area contributed by atoms with Crippen molar-refractivity contribution in [1.82, 2.24) is 9.80 Å². The first-order valence-corrected chi connectivity index (χ1v) is 12.5. The van der Waals surface area contributed by atoms with Crippen LogP contribution in [0.4, 0.5) is 4.39 Å². The number of carbonyl (C=O) groups excluding carboxylic acids is 1. The molecule has 3 rings (SSSR count). The highest BCUT2D eigenvalue weighted by Gasteiger charge is 2.28. The van der Waals surface area contributed by atoms with Gasteiger partial charge >= 0.3 is 7.60 Å². The van der Waals surface area contributed by atoms with Crippen molar-refractivity contribution in [3.8, 4) is 5.75 Å². The molecule has 1 saturated heterocycles. The van der Waals surface area contributed by atoms with E-state index in [0.717, 1.165) is 5.56 Å². The van der Waals surface area contributed by atoms with E-state index in [2.05, 4.69) is 4.90 Å². The van der Waals surface area contributed by atoms with Gasteiger partial charge in [-0.1, -0.05) is 23.7 Å². The SMILES string of the molecule is C[C@@H]1CN(Cc2ccc(F)cc2)CCN1C(=O)COc1ccc(Cl)cc1CCP(=O)(O)O. The predicted octanol–water partition coefficient (Wildman–Crippen LogP) is 3.31. The summed E-state index contributed by atoms with van der Waals surface area (Å²) in [6, 6.07) is 11.2. The quantitative estimate of drug-likeness (QED) is 0.559. The van der Waals surface area contributed by atoms with Crippen LogP contribution in [0.1, 0.15) is 18.1 Å². The van der Waals surface area contributed by atoms with Crippen LogP contribution < -0.4 is 4.74 Å². The average molecular weight is 485 g/mol. The minimum absolute atomic E-state index is 0.0142. The molecular formula is C22H27ClFN2O5P. The second-order valence-electron chi connectivity index (χ2n) is 7.98. The van der Waals surface area contributed by atoms with E-state index in [1.807, 2.05) is 6.92 Å². The van der Waals surface area contributed by atoms with Crippen LogP contribution in [0.5, 0.6) is 5.75 Å². The Morgan fingerprint density at radius 2 is 1.94 bits per heavy atom. The number of halogens is 2. The zero-order valence-electron chi connectivity index (χ0n) is 17.8. The van der Waals surface area contributed by atoms with E-state index < -0.39 is 7.60 Å². The lowest BCUT2D eigenvalue weighted by atomic mass is 10.1. The number of aryl methyl sites for hydroxylation is 1. The van der Waals surface area contributed by atoms with Gasteiger partial charge in [0.05, 0.1) is 6.16 Å². The number of piperazine rings is 1. The fraction of sp³-hybridized carbons (Fsp3) is 0.409. The van der Waals surface area contributed by atoms with Gasteiger partial charge in [-0.2, -0.15) is 0 Å². The maximum absolute atomic E-state index is 13.1. The van der Waals surface area contributed by atoms with E-state index in [1.165, 1.54) is 12.1 Å². The number of nitrogens with zero attached hydrogens (tertiary/aromatic N) is 2. The molecule has 1 amide bonds. The molecule has 0 saturated carbocycles. The van der Waals surface area contributed by atoms with Gasteiger partial charge in [0.2, 0.25) is 0 Å². The molecule has 10 heteroatoms. The average Bonchev–Trinajstić information content (AvgIpc) is 2.72. The van der Waals surface area contributed by atoms with E-state index in [9.17, 15) is 13.8 Å². The Hall–Kier alpha value is -1.96. The number of hydrogen-bond acceptors (Lipinski definition) is 4. The lowest BCUT2D eigenvalue weighted by Gasteiger charge is -2.39. The van der Waals surface area contributed by atoms with Crippen LogP contribution in [0.3, 0.4) is 0 Å². The van der Waals surface area contributed by atoms with Gasteiger partial charge in [-0.3, -0.25) is 14.3 Å². The Balaban J connectivity index is 1.54. The highest BCUT2D eigenvalue weighted by Crippen LogP contribution is 2.36. The Kier molecular flexibility index (Phi) is 8.31. The monoisotopic (exact) mass is 484 g/mol. The second-order valence-corrected chi connectivity index (χ2v) is 10.2. The summed E-state index contributed by atoms with van der Waals surface area (Å²) < 4.78 is 30.0. The van der Waals surface area contributed by atoms with E-state index in [-0.39, 0.29) is 37.0 Å². The number of benzene rings is 2. The van der Waals surface area contributed by atoms with Gasteiger partial charge in [0.25, 0.3) is 5.91 Å². The summed E-state index contributed by atoms with van der Waals surface area (Å²) in [7, 11) is -4.17. The lowest BCUT2D eigenvalue weighted by Crippen LogP contribution is -2.54. The molecular weight excluding hydrogens is 458 g/mol. The molecule has 2 N–H and O–H groups in total. The number of amides is 1. The smallest absolute Gasteiger partial charge is 0.325 e. The molecule has 0 spiro atoms. The zero-order chi connectivity index (χ0) is 23.3. The molecule has 1 aliphatic heterocycles. The van der Waals surface area contributed by atoms with Gasteiger partial charge < -0.3 is 19.4 Å². The van der Waals surface area contributed by atoms with Crippen molar-refractivity contribution < 1.29 is 28.3 Å². The van der Waals surface area contributed by atoms with Crippen molar-refractivity contribution in [1.29, 1.82) is 0 Å². The van der Waals surface area contributed by atoms with Crippen LogP contribution >= 0.6 is 19.2 Å². The first-order chi connectivity index (χ1) is 15.1. The molecule has 7 nitrogen and oxygen atoms in total. The lowest BCUT2D eigenvalue weighted by molar-refractivity contribution is -0.138. The van der Waals surface area contributed by atoms with Gasteiger partial charge in [0.1, 0.15) is 11.6 Å². The zero-order valence-corrected chi connectivity index (χ0v) is 19.4. The van der Waals surface area contributed by atoms with Crippen molar-refractivity contribution in [2.75, 3.05) is 32.4 Å². The molecule has 1 heterocycles. The third-order valence-corrected chi connectivity index (χ3v) is 6.44. The summed E-state index contributed by atoms with van der Waals surface area (Å²) in [6.07, 6.45) is -0.239. The van der Waals surface area contributed by atoms with Crippen molar-refractivity contribution in [2.24, 2.45) is 0 Å². The number of hydrogen-bond donors (Lipinski definition) is 2. The summed E-state index contributed by atoms with van der Waals surface area (Å²) in [5, 5.41) is 0.426. The van der Waals surface area contributed by atoms with Gasteiger partial charge in [-0.05, 0) is 54.8 Å². The molecule has 0 radical (unpaired) electrons. The highest BCUT2D eigenvalue weighted by atomic mass is 35.5. The topological polar surface area (TPSA) is 90.3 Å². The van der Waals surface area contributed by atoms with Crippen LogP contribution in [0.15, 0.2) is 42.5 Å². The first-order valence-electron chi connectivity index (χ1n) is 10.3. The molecule has 2 aromatic carbocycles. The highest BCUT2D eigenvalue weighted by molar-refractivity contribution is 7.51. The van der Waals surface area contributed by atoms with Gasteiger partial charge in [-0.25, -0.2) is 4.39 Å². The molecule has 1 atom stereocenters. The van der Waals surface area contributed by atoms with Crippen LogP contribution in [0.2, 0.25) is 5.02 Å². The fourth-order valence-electron chi connectivity index (χ4n) is 3.77. The van der Waals surface area contributed by atoms with Crippen LogP contribution in [0, 0.1) is 5.82 Å². The third-order valence-electron chi connectivity index (χ3n) is 5.40. The van der Waals surface area contributed by atoms with Crippen molar-refractivity contribution in [3.05, 3.63) is 64.4 Å². The third kappa shape index (κ3) is 7.29. The second kappa shape index (κ2) is 10.8. The summed E-state index contributed by atoms with van der Waals surface area (Å²) in [5.74, 6) is -0.0308. The molecule has 1 fully saturated rings. The standard InChI is InChI=1S/C22H27ClFN2O5P/c1-16-13-25(14-17-2-5-20(24)6-3-17)9-10-26(16)22(27)15-31-21-7-4-19(23)12-18(21)8-11-32(28,29)30/h2-7,12,16H,8-11,13-15H2,1H3,(H2,28,29,30)/t16-/m1/s1. The Bertz CT molecular complexity index is 985. The van der Waals surface area contributed by atoms with E-state index in [0.29, 0.717) is 42.5 Å². The number of carbonyl (C=O) groups is 1. The summed E-state index contributed by atoms with van der Waals surface area (Å²) >= 11 is 6.00. The Morgan fingerprint density at radius 1 is 1.22 bits per heavy atom. The van der Waals surface area contributed by atoms with Gasteiger partial charge in [-0.15, -0.1) is 0 Å². The largest absolute Gasteiger partial charge is 0.483 e.